The van der Waals surface area contributed by atoms with E-state index in [0.717, 1.165) is 17.5 Å². The van der Waals surface area contributed by atoms with Crippen molar-refractivity contribution >= 4 is 15.7 Å². The molecule has 5 nitrogen and oxygen atoms in total. The predicted molar refractivity (Wildman–Crippen MR) is 85.9 cm³/mol. The summed E-state index contributed by atoms with van der Waals surface area (Å²) in [5.74, 6) is 0. The van der Waals surface area contributed by atoms with Gasteiger partial charge in [-0.1, -0.05) is 6.08 Å². The third kappa shape index (κ3) is 4.56. The average Bonchev–Trinajstić information content (AvgIpc) is 2.40. The lowest BCUT2D eigenvalue weighted by Gasteiger charge is -2.16. The van der Waals surface area contributed by atoms with Gasteiger partial charge in [-0.15, -0.1) is 6.58 Å². The van der Waals surface area contributed by atoms with Crippen LogP contribution in [0.15, 0.2) is 23.6 Å². The molecule has 0 unspecified atom stereocenters. The van der Waals surface area contributed by atoms with Gasteiger partial charge in [0.25, 0.3) is 0 Å². The third-order valence-corrected chi connectivity index (χ3v) is 5.09. The summed E-state index contributed by atoms with van der Waals surface area (Å²) in [6.45, 7) is 10.0. The molecular weight excluding hydrogens is 288 g/mol. The second kappa shape index (κ2) is 7.59. The molecule has 1 aromatic carbocycles. The number of sulfonamides is 1. The molecule has 0 saturated heterocycles. The number of anilines is 1. The smallest absolute Gasteiger partial charge is 0.241 e. The van der Waals surface area contributed by atoms with Crippen molar-refractivity contribution in [2.45, 2.75) is 32.1 Å². The van der Waals surface area contributed by atoms with Crippen LogP contribution in [0.4, 0.5) is 5.69 Å². The van der Waals surface area contributed by atoms with Crippen LogP contribution < -0.4 is 10.5 Å². The van der Waals surface area contributed by atoms with Gasteiger partial charge in [0.15, 0.2) is 0 Å². The van der Waals surface area contributed by atoms with Crippen LogP contribution in [0.2, 0.25) is 0 Å². The van der Waals surface area contributed by atoms with Crippen molar-refractivity contribution in [2.24, 2.45) is 0 Å². The van der Waals surface area contributed by atoms with Crippen molar-refractivity contribution in [2.75, 3.05) is 25.5 Å². The average molecular weight is 312 g/mol. The molecule has 118 valence electrons. The number of aryl methyl sites for hydroxylation is 1. The highest BCUT2D eigenvalue weighted by Crippen LogP contribution is 2.27. The Morgan fingerprint density at radius 2 is 1.95 bits per heavy atom. The fourth-order valence-corrected chi connectivity index (χ4v) is 3.61. The third-order valence-electron chi connectivity index (χ3n) is 3.35. The maximum Gasteiger partial charge on any atom is 0.241 e. The molecular formula is C15H24N2O3S. The van der Waals surface area contributed by atoms with E-state index >= 15 is 0 Å². The van der Waals surface area contributed by atoms with Gasteiger partial charge in [0, 0.05) is 12.2 Å². The van der Waals surface area contributed by atoms with Gasteiger partial charge in [-0.2, -0.15) is 0 Å². The van der Waals surface area contributed by atoms with Crippen LogP contribution in [0.25, 0.3) is 0 Å². The summed E-state index contributed by atoms with van der Waals surface area (Å²) in [6, 6.07) is 1.79. The minimum absolute atomic E-state index is 0.228. The number of hydrogen-bond acceptors (Lipinski definition) is 4. The number of rotatable bonds is 8. The zero-order valence-corrected chi connectivity index (χ0v) is 13.7. The molecule has 21 heavy (non-hydrogen) atoms. The summed E-state index contributed by atoms with van der Waals surface area (Å²) in [5.41, 5.74) is 8.52. The molecule has 0 fully saturated rings. The van der Waals surface area contributed by atoms with E-state index in [4.69, 9.17) is 10.5 Å². The van der Waals surface area contributed by atoms with Crippen LogP contribution in [0.1, 0.15) is 23.1 Å². The predicted octanol–water partition coefficient (Wildman–Crippen LogP) is 2.07. The van der Waals surface area contributed by atoms with Crippen molar-refractivity contribution in [3.63, 3.8) is 0 Å². The number of nitrogens with one attached hydrogen (secondary N) is 1. The van der Waals surface area contributed by atoms with Gasteiger partial charge < -0.3 is 10.5 Å². The summed E-state index contributed by atoms with van der Waals surface area (Å²) in [4.78, 5) is 0.270. The highest BCUT2D eigenvalue weighted by molar-refractivity contribution is 7.89. The lowest BCUT2D eigenvalue weighted by Crippen LogP contribution is -2.29. The Morgan fingerprint density at radius 3 is 2.57 bits per heavy atom. The van der Waals surface area contributed by atoms with E-state index in [2.05, 4.69) is 11.3 Å². The SMILES string of the molecule is C=CCCOCCNS(=O)(=O)c1c(C)c(C)cc(N)c1C. The molecule has 3 N–H and O–H groups in total. The first-order valence-electron chi connectivity index (χ1n) is 6.86. The fraction of sp³-hybridized carbons (Fsp3) is 0.467. The molecule has 0 aliphatic carbocycles. The quantitative estimate of drug-likeness (QED) is 0.437. The molecule has 0 amide bonds. The first kappa shape index (κ1) is 17.7. The van der Waals surface area contributed by atoms with E-state index in [1.807, 2.05) is 6.92 Å². The molecule has 1 aromatic rings. The Balaban J connectivity index is 2.82. The Hall–Kier alpha value is -1.37. The lowest BCUT2D eigenvalue weighted by molar-refractivity contribution is 0.144. The second-order valence-corrected chi connectivity index (χ2v) is 6.65. The van der Waals surface area contributed by atoms with Gasteiger partial charge in [0.2, 0.25) is 10.0 Å². The standard InChI is InChI=1S/C15H24N2O3S/c1-5-6-8-20-9-7-17-21(18,19)15-12(3)11(2)10-14(16)13(15)4/h5,10,17H,1,6-9,16H2,2-4H3. The Kier molecular flexibility index (Phi) is 6.39. The monoisotopic (exact) mass is 312 g/mol. The highest BCUT2D eigenvalue weighted by Gasteiger charge is 2.21. The molecule has 0 aliphatic heterocycles. The van der Waals surface area contributed by atoms with E-state index in [1.54, 1.807) is 26.0 Å². The summed E-state index contributed by atoms with van der Waals surface area (Å²) in [7, 11) is -3.59. The van der Waals surface area contributed by atoms with Crippen LogP contribution in [-0.2, 0) is 14.8 Å². The topological polar surface area (TPSA) is 81.4 Å². The van der Waals surface area contributed by atoms with E-state index in [9.17, 15) is 8.42 Å². The molecule has 0 radical (unpaired) electrons. The van der Waals surface area contributed by atoms with Gasteiger partial charge in [-0.05, 0) is 49.9 Å². The van der Waals surface area contributed by atoms with Gasteiger partial charge in [-0.3, -0.25) is 0 Å². The number of nitrogen functional groups attached to an aromatic ring is 1. The van der Waals surface area contributed by atoms with E-state index in [0.29, 0.717) is 24.5 Å². The van der Waals surface area contributed by atoms with Crippen LogP contribution >= 0.6 is 0 Å². The van der Waals surface area contributed by atoms with Crippen molar-refractivity contribution in [1.82, 2.24) is 4.72 Å². The maximum atomic E-state index is 12.4. The summed E-state index contributed by atoms with van der Waals surface area (Å²) in [6.07, 6.45) is 2.51. The molecule has 6 heteroatoms. The van der Waals surface area contributed by atoms with Crippen molar-refractivity contribution in [3.8, 4) is 0 Å². The molecule has 0 atom stereocenters. The normalized spacial score (nSPS) is 11.6. The first-order chi connectivity index (χ1) is 9.81. The van der Waals surface area contributed by atoms with Gasteiger partial charge in [-0.25, -0.2) is 13.1 Å². The molecule has 0 saturated carbocycles. The summed E-state index contributed by atoms with van der Waals surface area (Å²) < 4.78 is 32.7. The summed E-state index contributed by atoms with van der Waals surface area (Å²) in [5, 5.41) is 0. The minimum Gasteiger partial charge on any atom is -0.398 e. The van der Waals surface area contributed by atoms with E-state index < -0.39 is 10.0 Å². The Morgan fingerprint density at radius 1 is 1.29 bits per heavy atom. The second-order valence-electron chi connectivity index (χ2n) is 4.95. The van der Waals surface area contributed by atoms with Gasteiger partial charge >= 0.3 is 0 Å². The molecule has 0 aliphatic rings. The van der Waals surface area contributed by atoms with E-state index in [1.165, 1.54) is 0 Å². The van der Waals surface area contributed by atoms with Gasteiger partial charge in [0.1, 0.15) is 0 Å². The molecule has 0 aromatic heterocycles. The Labute approximate surface area is 127 Å². The zero-order chi connectivity index (χ0) is 16.0. The lowest BCUT2D eigenvalue weighted by atomic mass is 10.1. The van der Waals surface area contributed by atoms with Gasteiger partial charge in [0.05, 0.1) is 18.1 Å². The minimum atomic E-state index is -3.59. The molecule has 0 spiro atoms. The largest absolute Gasteiger partial charge is 0.398 e. The Bertz CT molecular complexity index is 584. The van der Waals surface area contributed by atoms with Crippen molar-refractivity contribution in [3.05, 3.63) is 35.4 Å². The van der Waals surface area contributed by atoms with E-state index in [-0.39, 0.29) is 11.4 Å². The zero-order valence-electron chi connectivity index (χ0n) is 12.9. The number of ether oxygens (including phenoxy) is 1. The fourth-order valence-electron chi connectivity index (χ4n) is 2.03. The van der Waals surface area contributed by atoms with Crippen molar-refractivity contribution < 1.29 is 13.2 Å². The maximum absolute atomic E-state index is 12.4. The van der Waals surface area contributed by atoms with Crippen molar-refractivity contribution in [1.29, 1.82) is 0 Å². The molecule has 0 heterocycles. The molecule has 0 bridgehead atoms. The molecule has 1 rings (SSSR count). The number of nitrogens with two attached hydrogens (primary N) is 1. The van der Waals surface area contributed by atoms with Crippen LogP contribution in [0.3, 0.4) is 0 Å². The number of benzene rings is 1. The van der Waals surface area contributed by atoms with Crippen LogP contribution in [0.5, 0.6) is 0 Å². The first-order valence-corrected chi connectivity index (χ1v) is 8.34. The highest BCUT2D eigenvalue weighted by atomic mass is 32.2. The van der Waals surface area contributed by atoms with Crippen LogP contribution in [0, 0.1) is 20.8 Å². The van der Waals surface area contributed by atoms with Crippen LogP contribution in [-0.4, -0.2) is 28.2 Å². The number of hydrogen-bond donors (Lipinski definition) is 2. The summed E-state index contributed by atoms with van der Waals surface area (Å²) >= 11 is 0.